The average molecular weight is 443 g/mol. The fraction of sp³-hybridized carbons (Fsp3) is 0.318. The average Bonchev–Trinajstić information content (AvgIpc) is 3.15. The number of nitrogens with zero attached hydrogens (tertiary/aromatic N) is 4. The minimum absolute atomic E-state index is 0.0697. The van der Waals surface area contributed by atoms with Crippen molar-refractivity contribution < 1.29 is 9.59 Å². The van der Waals surface area contributed by atoms with Crippen molar-refractivity contribution in [1.29, 1.82) is 5.26 Å². The van der Waals surface area contributed by atoms with Gasteiger partial charge in [0.25, 0.3) is 5.91 Å². The van der Waals surface area contributed by atoms with Crippen LogP contribution in [-0.4, -0.2) is 60.4 Å². The summed E-state index contributed by atoms with van der Waals surface area (Å²) >= 11 is 12.1. The maximum atomic E-state index is 13.0. The summed E-state index contributed by atoms with van der Waals surface area (Å²) in [5.74, 6) is -0.0477. The monoisotopic (exact) mass is 442 g/mol. The molecule has 0 N–H and O–H groups in total. The fourth-order valence-corrected chi connectivity index (χ4v) is 4.54. The summed E-state index contributed by atoms with van der Waals surface area (Å²) in [4.78, 5) is 31.5. The van der Waals surface area contributed by atoms with Crippen LogP contribution in [0, 0.1) is 11.3 Å². The second-order valence-electron chi connectivity index (χ2n) is 7.41. The third kappa shape index (κ3) is 4.01. The molecule has 1 atom stereocenters. The number of amides is 2. The number of hydrogen-bond acceptors (Lipinski definition) is 4. The van der Waals surface area contributed by atoms with Gasteiger partial charge >= 0.3 is 0 Å². The van der Waals surface area contributed by atoms with Crippen molar-refractivity contribution in [1.82, 2.24) is 9.80 Å². The van der Waals surface area contributed by atoms with E-state index >= 15 is 0 Å². The molecule has 2 fully saturated rings. The first kappa shape index (κ1) is 20.7. The Labute approximate surface area is 185 Å². The van der Waals surface area contributed by atoms with Crippen molar-refractivity contribution in [3.8, 4) is 6.07 Å². The predicted molar refractivity (Wildman–Crippen MR) is 116 cm³/mol. The minimum Gasteiger partial charge on any atom is -0.336 e. The number of halogens is 2. The van der Waals surface area contributed by atoms with Crippen LogP contribution in [-0.2, 0) is 4.79 Å². The topological polar surface area (TPSA) is 67.7 Å². The second kappa shape index (κ2) is 8.65. The van der Waals surface area contributed by atoms with E-state index in [2.05, 4.69) is 11.0 Å². The van der Waals surface area contributed by atoms with Crippen molar-refractivity contribution in [3.05, 3.63) is 63.6 Å². The summed E-state index contributed by atoms with van der Waals surface area (Å²) in [6, 6.07) is 13.9. The molecule has 0 radical (unpaired) electrons. The predicted octanol–water partition coefficient (Wildman–Crippen LogP) is 3.43. The quantitative estimate of drug-likeness (QED) is 0.729. The Balaban J connectivity index is 1.37. The molecule has 0 spiro atoms. The molecule has 2 aliphatic rings. The molecule has 30 heavy (non-hydrogen) atoms. The van der Waals surface area contributed by atoms with Crippen LogP contribution in [0.4, 0.5) is 5.69 Å². The third-order valence-electron chi connectivity index (χ3n) is 5.69. The van der Waals surface area contributed by atoms with Crippen LogP contribution in [0.2, 0.25) is 10.0 Å². The van der Waals surface area contributed by atoms with Crippen LogP contribution in [0.25, 0.3) is 0 Å². The van der Waals surface area contributed by atoms with Gasteiger partial charge in [-0.2, -0.15) is 5.26 Å². The minimum atomic E-state index is -0.183. The van der Waals surface area contributed by atoms with E-state index in [0.29, 0.717) is 53.9 Å². The fourth-order valence-electron chi connectivity index (χ4n) is 4.05. The first-order chi connectivity index (χ1) is 14.5. The standard InChI is InChI=1S/C22H20Cl2N4O2/c23-16-3-6-18(19(24)13-16)21(29)27-11-9-26(10-12-27)20-7-8-28(22(20)30)17-4-1-15(14-25)2-5-17/h1-6,13,20H,7-12H2. The molecule has 2 aliphatic heterocycles. The largest absolute Gasteiger partial charge is 0.336 e. The molecule has 2 heterocycles. The van der Waals surface area contributed by atoms with Crippen LogP contribution in [0.1, 0.15) is 22.3 Å². The van der Waals surface area contributed by atoms with Crippen molar-refractivity contribution in [2.45, 2.75) is 12.5 Å². The van der Waals surface area contributed by atoms with E-state index in [1.165, 1.54) is 0 Å². The zero-order valence-corrected chi connectivity index (χ0v) is 17.7. The number of hydrogen-bond donors (Lipinski definition) is 0. The number of carbonyl (C=O) groups excluding carboxylic acids is 2. The van der Waals surface area contributed by atoms with Crippen LogP contribution in [0.15, 0.2) is 42.5 Å². The highest BCUT2D eigenvalue weighted by Gasteiger charge is 2.38. The maximum absolute atomic E-state index is 13.0. The molecular formula is C22H20Cl2N4O2. The molecule has 0 saturated carbocycles. The summed E-state index contributed by atoms with van der Waals surface area (Å²) in [6.45, 7) is 2.99. The van der Waals surface area contributed by atoms with E-state index in [9.17, 15) is 9.59 Å². The molecule has 2 aromatic rings. The van der Waals surface area contributed by atoms with E-state index in [4.69, 9.17) is 28.5 Å². The van der Waals surface area contributed by atoms with Gasteiger partial charge in [0.1, 0.15) is 0 Å². The van der Waals surface area contributed by atoms with Crippen LogP contribution in [0.5, 0.6) is 0 Å². The Morgan fingerprint density at radius 2 is 1.70 bits per heavy atom. The van der Waals surface area contributed by atoms with Gasteiger partial charge in [-0.05, 0) is 48.9 Å². The third-order valence-corrected chi connectivity index (χ3v) is 6.24. The molecule has 154 valence electrons. The SMILES string of the molecule is N#Cc1ccc(N2CCC(N3CCN(C(=O)c4ccc(Cl)cc4Cl)CC3)C2=O)cc1. The molecule has 4 rings (SSSR count). The molecule has 2 amide bonds. The van der Waals surface area contributed by atoms with Crippen molar-refractivity contribution in [2.24, 2.45) is 0 Å². The van der Waals surface area contributed by atoms with E-state index in [1.54, 1.807) is 40.1 Å². The van der Waals surface area contributed by atoms with E-state index < -0.39 is 0 Å². The van der Waals surface area contributed by atoms with Gasteiger partial charge in [-0.3, -0.25) is 14.5 Å². The number of nitriles is 1. The summed E-state index contributed by atoms with van der Waals surface area (Å²) < 4.78 is 0. The van der Waals surface area contributed by atoms with Gasteiger partial charge in [-0.25, -0.2) is 0 Å². The Kier molecular flexibility index (Phi) is 5.96. The number of rotatable bonds is 3. The van der Waals surface area contributed by atoms with E-state index in [1.807, 2.05) is 12.1 Å². The number of carbonyl (C=O) groups is 2. The molecule has 0 bridgehead atoms. The summed E-state index contributed by atoms with van der Waals surface area (Å²) in [6.07, 6.45) is 0.746. The van der Waals surface area contributed by atoms with Crippen molar-refractivity contribution in [2.75, 3.05) is 37.6 Å². The molecule has 1 unspecified atom stereocenters. The molecule has 6 nitrogen and oxygen atoms in total. The zero-order valence-electron chi connectivity index (χ0n) is 16.2. The van der Waals surface area contributed by atoms with E-state index in [-0.39, 0.29) is 17.9 Å². The Morgan fingerprint density at radius 3 is 2.33 bits per heavy atom. The first-order valence-electron chi connectivity index (χ1n) is 9.78. The first-order valence-corrected chi connectivity index (χ1v) is 10.5. The van der Waals surface area contributed by atoms with Crippen LogP contribution < -0.4 is 4.90 Å². The summed E-state index contributed by atoms with van der Waals surface area (Å²) in [7, 11) is 0. The normalized spacial score (nSPS) is 19.8. The zero-order chi connectivity index (χ0) is 21.3. The van der Waals surface area contributed by atoms with Gasteiger partial charge in [0.05, 0.1) is 28.3 Å². The molecule has 2 aromatic carbocycles. The van der Waals surface area contributed by atoms with Crippen LogP contribution >= 0.6 is 23.2 Å². The van der Waals surface area contributed by atoms with Crippen LogP contribution in [0.3, 0.4) is 0 Å². The highest BCUT2D eigenvalue weighted by atomic mass is 35.5. The highest BCUT2D eigenvalue weighted by Crippen LogP contribution is 2.27. The Hall–Kier alpha value is -2.59. The van der Waals surface area contributed by atoms with Gasteiger partial charge in [-0.1, -0.05) is 23.2 Å². The summed E-state index contributed by atoms with van der Waals surface area (Å²) in [5.41, 5.74) is 1.83. The van der Waals surface area contributed by atoms with Gasteiger partial charge in [-0.15, -0.1) is 0 Å². The smallest absolute Gasteiger partial charge is 0.255 e. The van der Waals surface area contributed by atoms with Crippen molar-refractivity contribution >= 4 is 40.7 Å². The molecular weight excluding hydrogens is 423 g/mol. The molecule has 8 heteroatoms. The lowest BCUT2D eigenvalue weighted by Crippen LogP contribution is -2.53. The van der Waals surface area contributed by atoms with Gasteiger partial charge < -0.3 is 9.80 Å². The van der Waals surface area contributed by atoms with Gasteiger partial charge in [0.2, 0.25) is 5.91 Å². The number of benzene rings is 2. The molecule has 0 aliphatic carbocycles. The number of anilines is 1. The molecule has 2 saturated heterocycles. The van der Waals surface area contributed by atoms with Gasteiger partial charge in [0.15, 0.2) is 0 Å². The van der Waals surface area contributed by atoms with Crippen molar-refractivity contribution in [3.63, 3.8) is 0 Å². The lowest BCUT2D eigenvalue weighted by Gasteiger charge is -2.37. The second-order valence-corrected chi connectivity index (χ2v) is 8.25. The number of piperazine rings is 1. The molecule has 0 aromatic heterocycles. The highest BCUT2D eigenvalue weighted by molar-refractivity contribution is 6.36. The maximum Gasteiger partial charge on any atom is 0.255 e. The lowest BCUT2D eigenvalue weighted by molar-refractivity contribution is -0.122. The van der Waals surface area contributed by atoms with Gasteiger partial charge in [0, 0.05) is 43.4 Å². The summed E-state index contributed by atoms with van der Waals surface area (Å²) in [5, 5.41) is 9.78. The Morgan fingerprint density at radius 1 is 1.00 bits per heavy atom. The van der Waals surface area contributed by atoms with E-state index in [0.717, 1.165) is 12.1 Å². The Bertz CT molecular complexity index is 1010. The lowest BCUT2D eigenvalue weighted by atomic mass is 10.1.